The molecule has 1 saturated carbocycles. The Morgan fingerprint density at radius 3 is 2.72 bits per heavy atom. The predicted octanol–water partition coefficient (Wildman–Crippen LogP) is 3.01. The summed E-state index contributed by atoms with van der Waals surface area (Å²) in [6.07, 6.45) is 3.85. The van der Waals surface area contributed by atoms with Crippen molar-refractivity contribution < 1.29 is 28.5 Å². The van der Waals surface area contributed by atoms with Crippen LogP contribution in [0.2, 0.25) is 0 Å². The number of carbonyl (C=O) groups is 2. The van der Waals surface area contributed by atoms with Crippen molar-refractivity contribution in [2.75, 3.05) is 13.2 Å². The molecule has 5 atom stereocenters. The number of hydrogen-bond donors (Lipinski definition) is 0. The van der Waals surface area contributed by atoms with Crippen LogP contribution >= 0.6 is 0 Å². The zero-order chi connectivity index (χ0) is 20.0. The second-order valence-electron chi connectivity index (χ2n) is 8.54. The molecule has 0 amide bonds. The maximum absolute atomic E-state index is 13.3. The molecule has 0 radical (unpaired) electrons. The summed E-state index contributed by atoms with van der Waals surface area (Å²) in [6, 6.07) is 9.66. The maximum Gasteiger partial charge on any atom is 0.313 e. The first-order chi connectivity index (χ1) is 14.1. The highest BCUT2D eigenvalue weighted by Gasteiger charge is 2.57. The normalized spacial score (nSPS) is 34.9. The molecular formula is C23H26O6. The second-order valence-corrected chi connectivity index (χ2v) is 8.54. The lowest BCUT2D eigenvalue weighted by Crippen LogP contribution is -2.47. The number of fused-ring (bicyclic) bond motifs is 2. The number of cyclic esters (lactones) is 1. The lowest BCUT2D eigenvalue weighted by atomic mass is 9.61. The highest BCUT2D eigenvalue weighted by Crippen LogP contribution is 2.53. The van der Waals surface area contributed by atoms with Crippen molar-refractivity contribution in [1.82, 2.24) is 0 Å². The fraction of sp³-hybridized carbons (Fsp3) is 0.565. The smallest absolute Gasteiger partial charge is 0.313 e. The van der Waals surface area contributed by atoms with Crippen LogP contribution in [0.25, 0.3) is 0 Å². The van der Waals surface area contributed by atoms with E-state index in [1.807, 2.05) is 43.3 Å². The van der Waals surface area contributed by atoms with E-state index in [1.165, 1.54) is 0 Å². The molecule has 3 fully saturated rings. The zero-order valence-electron chi connectivity index (χ0n) is 16.5. The van der Waals surface area contributed by atoms with Crippen molar-refractivity contribution in [3.05, 3.63) is 47.5 Å². The molecule has 2 aliphatic heterocycles. The van der Waals surface area contributed by atoms with Crippen LogP contribution in [0.3, 0.4) is 0 Å². The third kappa shape index (κ3) is 3.28. The lowest BCUT2D eigenvalue weighted by Gasteiger charge is -2.44. The number of carbonyl (C=O) groups excluding carboxylic acids is 2. The van der Waals surface area contributed by atoms with Crippen molar-refractivity contribution in [2.45, 2.75) is 44.7 Å². The van der Waals surface area contributed by atoms with E-state index in [1.54, 1.807) is 0 Å². The summed E-state index contributed by atoms with van der Waals surface area (Å²) in [6.45, 7) is 3.29. The third-order valence-electron chi connectivity index (χ3n) is 6.87. The highest BCUT2D eigenvalue weighted by molar-refractivity contribution is 5.82. The molecular weight excluding hydrogens is 372 g/mol. The minimum atomic E-state index is -0.595. The van der Waals surface area contributed by atoms with Gasteiger partial charge in [-0.25, -0.2) is 0 Å². The lowest BCUT2D eigenvalue weighted by molar-refractivity contribution is -0.179. The largest absolute Gasteiger partial charge is 0.462 e. The van der Waals surface area contributed by atoms with Crippen LogP contribution < -0.4 is 0 Å². The van der Waals surface area contributed by atoms with Gasteiger partial charge in [-0.15, -0.1) is 0 Å². The van der Waals surface area contributed by atoms with Crippen molar-refractivity contribution in [1.29, 1.82) is 0 Å². The number of ether oxygens (including phenoxy) is 4. The summed E-state index contributed by atoms with van der Waals surface area (Å²) in [5.74, 6) is -2.02. The average molecular weight is 398 g/mol. The van der Waals surface area contributed by atoms with Crippen LogP contribution in [-0.4, -0.2) is 37.0 Å². The molecule has 154 valence electrons. The predicted molar refractivity (Wildman–Crippen MR) is 102 cm³/mol. The minimum Gasteiger partial charge on any atom is -0.462 e. The van der Waals surface area contributed by atoms with Gasteiger partial charge in [0.15, 0.2) is 5.79 Å². The van der Waals surface area contributed by atoms with Gasteiger partial charge >= 0.3 is 11.9 Å². The molecule has 1 spiro atoms. The van der Waals surface area contributed by atoms with Gasteiger partial charge in [0, 0.05) is 18.8 Å². The van der Waals surface area contributed by atoms with Crippen molar-refractivity contribution in [2.24, 2.45) is 23.7 Å². The van der Waals surface area contributed by atoms with E-state index in [-0.39, 0.29) is 42.4 Å². The molecule has 2 unspecified atom stereocenters. The SMILES string of the molecule is C[C@H]1OC(=O)C2C=C3CC4(CCC3[C@H](C(=O)OCc3ccccc3)[C@@H]21)OCCO4. The van der Waals surface area contributed by atoms with E-state index in [9.17, 15) is 9.59 Å². The Kier molecular flexibility index (Phi) is 4.71. The first-order valence-electron chi connectivity index (χ1n) is 10.5. The molecule has 0 aromatic heterocycles. The van der Waals surface area contributed by atoms with Crippen LogP contribution in [0.1, 0.15) is 31.7 Å². The first kappa shape index (κ1) is 18.8. The molecule has 29 heavy (non-hydrogen) atoms. The molecule has 2 aliphatic carbocycles. The van der Waals surface area contributed by atoms with E-state index in [4.69, 9.17) is 18.9 Å². The molecule has 0 N–H and O–H groups in total. The average Bonchev–Trinajstić information content (AvgIpc) is 3.29. The molecule has 2 heterocycles. The van der Waals surface area contributed by atoms with E-state index >= 15 is 0 Å². The van der Waals surface area contributed by atoms with E-state index in [0.29, 0.717) is 19.6 Å². The Bertz CT molecular complexity index is 825. The topological polar surface area (TPSA) is 71.1 Å². The van der Waals surface area contributed by atoms with Crippen molar-refractivity contribution in [3.63, 3.8) is 0 Å². The quantitative estimate of drug-likeness (QED) is 0.576. The summed E-state index contributed by atoms with van der Waals surface area (Å²) in [4.78, 5) is 25.7. The van der Waals surface area contributed by atoms with Gasteiger partial charge in [-0.1, -0.05) is 42.0 Å². The van der Waals surface area contributed by atoms with Gasteiger partial charge in [-0.3, -0.25) is 9.59 Å². The Labute approximate surface area is 170 Å². The summed E-state index contributed by atoms with van der Waals surface area (Å²) in [5, 5.41) is 0. The fourth-order valence-corrected chi connectivity index (χ4v) is 5.56. The van der Waals surface area contributed by atoms with Crippen LogP contribution in [-0.2, 0) is 35.1 Å². The highest BCUT2D eigenvalue weighted by atomic mass is 16.7. The summed E-state index contributed by atoms with van der Waals surface area (Å²) in [5.41, 5.74) is 2.03. The molecule has 6 nitrogen and oxygen atoms in total. The monoisotopic (exact) mass is 398 g/mol. The Morgan fingerprint density at radius 1 is 1.21 bits per heavy atom. The van der Waals surface area contributed by atoms with Gasteiger partial charge in [0.1, 0.15) is 12.7 Å². The van der Waals surface area contributed by atoms with Crippen molar-refractivity contribution >= 4 is 11.9 Å². The minimum absolute atomic E-state index is 0.0369. The summed E-state index contributed by atoms with van der Waals surface area (Å²) in [7, 11) is 0. The van der Waals surface area contributed by atoms with Crippen LogP contribution in [0.4, 0.5) is 0 Å². The first-order valence-corrected chi connectivity index (χ1v) is 10.5. The van der Waals surface area contributed by atoms with Crippen LogP contribution in [0.5, 0.6) is 0 Å². The molecule has 1 aromatic rings. The van der Waals surface area contributed by atoms with Crippen molar-refractivity contribution in [3.8, 4) is 0 Å². The Morgan fingerprint density at radius 2 is 1.97 bits per heavy atom. The molecule has 6 heteroatoms. The van der Waals surface area contributed by atoms with Crippen LogP contribution in [0, 0.1) is 23.7 Å². The van der Waals surface area contributed by atoms with Gasteiger partial charge in [0.25, 0.3) is 0 Å². The number of benzene rings is 1. The second kappa shape index (κ2) is 7.26. The third-order valence-corrected chi connectivity index (χ3v) is 6.87. The fourth-order valence-electron chi connectivity index (χ4n) is 5.56. The molecule has 1 aromatic carbocycles. The van der Waals surface area contributed by atoms with Gasteiger partial charge in [0.05, 0.1) is 25.0 Å². The Hall–Kier alpha value is -2.18. The van der Waals surface area contributed by atoms with Crippen LogP contribution in [0.15, 0.2) is 42.0 Å². The summed E-state index contributed by atoms with van der Waals surface area (Å²) >= 11 is 0. The van der Waals surface area contributed by atoms with Gasteiger partial charge in [-0.05, 0) is 24.8 Å². The van der Waals surface area contributed by atoms with E-state index in [0.717, 1.165) is 24.0 Å². The standard InChI is InChI=1S/C23H26O6/c1-14-19-18(21(24)29-14)11-16-12-23(27-9-10-28-23)8-7-17(16)20(19)22(25)26-13-15-5-3-2-4-6-15/h2-6,11,14,17-20H,7-10,12-13H2,1H3/t14-,17?,18?,19-,20+/m1/s1. The zero-order valence-corrected chi connectivity index (χ0v) is 16.5. The van der Waals surface area contributed by atoms with Gasteiger partial charge in [0.2, 0.25) is 0 Å². The summed E-state index contributed by atoms with van der Waals surface area (Å²) < 4.78 is 23.0. The van der Waals surface area contributed by atoms with E-state index in [2.05, 4.69) is 0 Å². The molecule has 2 saturated heterocycles. The number of rotatable bonds is 3. The van der Waals surface area contributed by atoms with E-state index < -0.39 is 11.7 Å². The molecule has 4 aliphatic rings. The van der Waals surface area contributed by atoms with Gasteiger partial charge < -0.3 is 18.9 Å². The number of hydrogen-bond acceptors (Lipinski definition) is 6. The maximum atomic E-state index is 13.3. The molecule has 5 rings (SSSR count). The van der Waals surface area contributed by atoms with Gasteiger partial charge in [-0.2, -0.15) is 0 Å². The molecule has 0 bridgehead atoms. The number of esters is 2. The Balaban J connectivity index is 1.41.